The minimum atomic E-state index is 1.19. The summed E-state index contributed by atoms with van der Waals surface area (Å²) in [7, 11) is 0. The molecule has 0 amide bonds. The molecule has 0 radical (unpaired) electrons. The molecule has 1 aromatic rings. The summed E-state index contributed by atoms with van der Waals surface area (Å²) in [5, 5.41) is 2.21. The van der Waals surface area contributed by atoms with Gasteiger partial charge in [-0.1, -0.05) is 61.9 Å². The molecule has 1 aromatic carbocycles. The Bertz CT molecular complexity index is 336. The number of hydrogen-bond donors (Lipinski definition) is 0. The molecule has 0 heterocycles. The molecule has 0 saturated carbocycles. The molecule has 0 aliphatic rings. The van der Waals surface area contributed by atoms with Crippen LogP contribution >= 0.6 is 11.8 Å². The SMILES string of the molecule is CCCC/C=C/C(C)=C\Sc1ccccc1. The van der Waals surface area contributed by atoms with Crippen LogP contribution in [0.4, 0.5) is 0 Å². The molecule has 16 heavy (non-hydrogen) atoms. The van der Waals surface area contributed by atoms with Crippen LogP contribution in [0.3, 0.4) is 0 Å². The minimum absolute atomic E-state index is 1.19. The molecular weight excluding hydrogens is 212 g/mol. The lowest BCUT2D eigenvalue weighted by Crippen LogP contribution is -1.70. The van der Waals surface area contributed by atoms with Crippen LogP contribution in [0.1, 0.15) is 33.1 Å². The van der Waals surface area contributed by atoms with E-state index in [0.717, 1.165) is 0 Å². The average Bonchev–Trinajstić information content (AvgIpc) is 2.33. The Balaban J connectivity index is 2.36. The Morgan fingerprint density at radius 1 is 1.25 bits per heavy atom. The smallest absolute Gasteiger partial charge is 0.0116 e. The van der Waals surface area contributed by atoms with E-state index in [0.29, 0.717) is 0 Å². The topological polar surface area (TPSA) is 0 Å². The largest absolute Gasteiger partial charge is 0.0978 e. The van der Waals surface area contributed by atoms with Gasteiger partial charge in [-0.3, -0.25) is 0 Å². The lowest BCUT2D eigenvalue weighted by Gasteiger charge is -1.96. The minimum Gasteiger partial charge on any atom is -0.0978 e. The van der Waals surface area contributed by atoms with Crippen molar-refractivity contribution in [1.82, 2.24) is 0 Å². The molecular formula is C15H20S. The summed E-state index contributed by atoms with van der Waals surface area (Å²) in [6.07, 6.45) is 8.23. The normalized spacial score (nSPS) is 12.2. The lowest BCUT2D eigenvalue weighted by molar-refractivity contribution is 0.814. The maximum atomic E-state index is 2.26. The Labute approximate surface area is 103 Å². The zero-order chi connectivity index (χ0) is 11.6. The van der Waals surface area contributed by atoms with E-state index in [1.165, 1.54) is 29.7 Å². The van der Waals surface area contributed by atoms with Crippen molar-refractivity contribution in [2.45, 2.75) is 38.0 Å². The van der Waals surface area contributed by atoms with Crippen molar-refractivity contribution >= 4 is 11.8 Å². The van der Waals surface area contributed by atoms with Crippen LogP contribution in [0.2, 0.25) is 0 Å². The first kappa shape index (κ1) is 13.1. The van der Waals surface area contributed by atoms with Crippen molar-refractivity contribution in [3.63, 3.8) is 0 Å². The first-order chi connectivity index (χ1) is 7.83. The maximum Gasteiger partial charge on any atom is 0.0116 e. The molecule has 0 nitrogen and oxygen atoms in total. The van der Waals surface area contributed by atoms with Crippen LogP contribution in [0.25, 0.3) is 0 Å². The Hall–Kier alpha value is -0.950. The van der Waals surface area contributed by atoms with Crippen molar-refractivity contribution in [3.05, 3.63) is 53.5 Å². The van der Waals surface area contributed by atoms with Crippen LogP contribution < -0.4 is 0 Å². The molecule has 0 saturated heterocycles. The summed E-state index contributed by atoms with van der Waals surface area (Å²) >= 11 is 1.78. The number of hydrogen-bond acceptors (Lipinski definition) is 1. The zero-order valence-corrected chi connectivity index (χ0v) is 11.0. The van der Waals surface area contributed by atoms with Gasteiger partial charge >= 0.3 is 0 Å². The van der Waals surface area contributed by atoms with E-state index in [2.05, 4.69) is 55.7 Å². The van der Waals surface area contributed by atoms with E-state index in [4.69, 9.17) is 0 Å². The molecule has 0 atom stereocenters. The van der Waals surface area contributed by atoms with E-state index in [1.54, 1.807) is 11.8 Å². The second-order valence-corrected chi connectivity index (χ2v) is 4.78. The summed E-state index contributed by atoms with van der Waals surface area (Å²) in [5.41, 5.74) is 1.32. The second-order valence-electron chi connectivity index (χ2n) is 3.84. The highest BCUT2D eigenvalue weighted by molar-refractivity contribution is 8.02. The summed E-state index contributed by atoms with van der Waals surface area (Å²) in [4.78, 5) is 1.30. The van der Waals surface area contributed by atoms with E-state index in [9.17, 15) is 0 Å². The fraction of sp³-hybridized carbons (Fsp3) is 0.333. The molecule has 0 aliphatic heterocycles. The van der Waals surface area contributed by atoms with E-state index >= 15 is 0 Å². The number of unbranched alkanes of at least 4 members (excludes halogenated alkanes) is 2. The summed E-state index contributed by atoms with van der Waals surface area (Å²) in [5.74, 6) is 0. The van der Waals surface area contributed by atoms with Gasteiger partial charge in [0.05, 0.1) is 0 Å². The van der Waals surface area contributed by atoms with Gasteiger partial charge in [-0.05, 0) is 36.5 Å². The van der Waals surface area contributed by atoms with E-state index in [-0.39, 0.29) is 0 Å². The number of allylic oxidation sites excluding steroid dienone is 3. The molecule has 1 rings (SSSR count). The van der Waals surface area contributed by atoms with Gasteiger partial charge in [-0.2, -0.15) is 0 Å². The van der Waals surface area contributed by atoms with Crippen molar-refractivity contribution < 1.29 is 0 Å². The van der Waals surface area contributed by atoms with Gasteiger partial charge in [0, 0.05) is 4.90 Å². The zero-order valence-electron chi connectivity index (χ0n) is 10.1. The Kier molecular flexibility index (Phi) is 6.75. The first-order valence-corrected chi connectivity index (χ1v) is 6.76. The predicted octanol–water partition coefficient (Wildman–Crippen LogP) is 5.43. The summed E-state index contributed by atoms with van der Waals surface area (Å²) in [6.45, 7) is 4.38. The average molecular weight is 232 g/mol. The van der Waals surface area contributed by atoms with Gasteiger partial charge in [0.1, 0.15) is 0 Å². The first-order valence-electron chi connectivity index (χ1n) is 5.88. The monoisotopic (exact) mass is 232 g/mol. The molecule has 0 fully saturated rings. The maximum absolute atomic E-state index is 2.26. The third kappa shape index (κ3) is 5.82. The van der Waals surface area contributed by atoms with Crippen molar-refractivity contribution in [2.75, 3.05) is 0 Å². The van der Waals surface area contributed by atoms with Gasteiger partial charge in [0.25, 0.3) is 0 Å². The summed E-state index contributed by atoms with van der Waals surface area (Å²) in [6, 6.07) is 10.5. The van der Waals surface area contributed by atoms with Crippen LogP contribution in [0, 0.1) is 0 Å². The van der Waals surface area contributed by atoms with Gasteiger partial charge < -0.3 is 0 Å². The second kappa shape index (κ2) is 8.23. The third-order valence-corrected chi connectivity index (χ3v) is 3.26. The fourth-order valence-electron chi connectivity index (χ4n) is 1.29. The highest BCUT2D eigenvalue weighted by Crippen LogP contribution is 2.20. The lowest BCUT2D eigenvalue weighted by atomic mass is 10.2. The molecule has 0 spiro atoms. The highest BCUT2D eigenvalue weighted by atomic mass is 32.2. The fourth-order valence-corrected chi connectivity index (χ4v) is 2.01. The molecule has 0 unspecified atom stereocenters. The quantitative estimate of drug-likeness (QED) is 0.358. The van der Waals surface area contributed by atoms with Crippen molar-refractivity contribution in [1.29, 1.82) is 0 Å². The van der Waals surface area contributed by atoms with Crippen LogP contribution in [-0.4, -0.2) is 0 Å². The van der Waals surface area contributed by atoms with Gasteiger partial charge in [0.15, 0.2) is 0 Å². The molecule has 1 heteroatoms. The highest BCUT2D eigenvalue weighted by Gasteiger charge is 1.88. The van der Waals surface area contributed by atoms with Gasteiger partial charge in [0.2, 0.25) is 0 Å². The number of benzene rings is 1. The number of thioether (sulfide) groups is 1. The van der Waals surface area contributed by atoms with Gasteiger partial charge in [-0.25, -0.2) is 0 Å². The Morgan fingerprint density at radius 2 is 2.00 bits per heavy atom. The summed E-state index contributed by atoms with van der Waals surface area (Å²) < 4.78 is 0. The molecule has 86 valence electrons. The number of rotatable bonds is 6. The van der Waals surface area contributed by atoms with Crippen molar-refractivity contribution in [2.24, 2.45) is 0 Å². The third-order valence-electron chi connectivity index (χ3n) is 2.23. The molecule has 0 aliphatic carbocycles. The van der Waals surface area contributed by atoms with Crippen LogP contribution in [0.15, 0.2) is 58.4 Å². The molecule has 0 N–H and O–H groups in total. The predicted molar refractivity (Wildman–Crippen MR) is 74.7 cm³/mol. The van der Waals surface area contributed by atoms with Crippen LogP contribution in [-0.2, 0) is 0 Å². The van der Waals surface area contributed by atoms with E-state index in [1.807, 2.05) is 6.07 Å². The Morgan fingerprint density at radius 3 is 2.69 bits per heavy atom. The van der Waals surface area contributed by atoms with Gasteiger partial charge in [-0.15, -0.1) is 0 Å². The van der Waals surface area contributed by atoms with Crippen molar-refractivity contribution in [3.8, 4) is 0 Å². The molecule has 0 bridgehead atoms. The van der Waals surface area contributed by atoms with E-state index < -0.39 is 0 Å². The standard InChI is InChI=1S/C15H20S/c1-3-4-5-7-10-14(2)13-16-15-11-8-6-9-12-15/h6-13H,3-5H2,1-2H3/b10-7+,14-13-. The molecule has 0 aromatic heterocycles. The van der Waals surface area contributed by atoms with Crippen LogP contribution in [0.5, 0.6) is 0 Å².